The summed E-state index contributed by atoms with van der Waals surface area (Å²) in [6.07, 6.45) is 0. The zero-order valence-electron chi connectivity index (χ0n) is 9.41. The van der Waals surface area contributed by atoms with Crippen molar-refractivity contribution in [1.29, 1.82) is 0 Å². The van der Waals surface area contributed by atoms with Gasteiger partial charge in [-0.25, -0.2) is 0 Å². The third-order valence-electron chi connectivity index (χ3n) is 2.39. The first-order valence-corrected chi connectivity index (χ1v) is 6.45. The number of ether oxygens (including phenoxy) is 1. The van der Waals surface area contributed by atoms with E-state index in [1.165, 1.54) is 0 Å². The fourth-order valence-corrected chi connectivity index (χ4v) is 2.02. The van der Waals surface area contributed by atoms with Crippen LogP contribution in [-0.2, 0) is 6.61 Å². The van der Waals surface area contributed by atoms with Crippen molar-refractivity contribution >= 4 is 27.5 Å². The quantitative estimate of drug-likeness (QED) is 0.776. The number of hydrogen-bond donors (Lipinski definition) is 0. The van der Waals surface area contributed by atoms with Crippen LogP contribution in [0.5, 0.6) is 5.75 Å². The van der Waals surface area contributed by atoms with Gasteiger partial charge < -0.3 is 4.74 Å². The van der Waals surface area contributed by atoms with E-state index in [1.807, 2.05) is 49.4 Å². The highest BCUT2D eigenvalue weighted by atomic mass is 79.9. The third-order valence-corrected chi connectivity index (χ3v) is 3.22. The van der Waals surface area contributed by atoms with Gasteiger partial charge in [0.05, 0.1) is 5.02 Å². The maximum absolute atomic E-state index is 6.09. The van der Waals surface area contributed by atoms with Crippen LogP contribution in [0.4, 0.5) is 0 Å². The molecule has 0 saturated carbocycles. The Kier molecular flexibility index (Phi) is 4.08. The van der Waals surface area contributed by atoms with E-state index < -0.39 is 0 Å². The normalized spacial score (nSPS) is 10.3. The van der Waals surface area contributed by atoms with E-state index in [1.54, 1.807) is 0 Å². The second-order valence-electron chi connectivity index (χ2n) is 3.85. The van der Waals surface area contributed by atoms with Gasteiger partial charge in [-0.15, -0.1) is 0 Å². The van der Waals surface area contributed by atoms with Crippen molar-refractivity contribution in [2.45, 2.75) is 13.5 Å². The van der Waals surface area contributed by atoms with Crippen LogP contribution in [0.15, 0.2) is 46.9 Å². The van der Waals surface area contributed by atoms with E-state index in [2.05, 4.69) is 15.9 Å². The SMILES string of the molecule is Cc1ccc(OCc2ccc(Br)cc2)c(Cl)c1. The van der Waals surface area contributed by atoms with Crippen molar-refractivity contribution < 1.29 is 4.74 Å². The largest absolute Gasteiger partial charge is 0.487 e. The van der Waals surface area contributed by atoms with Gasteiger partial charge in [0.15, 0.2) is 0 Å². The lowest BCUT2D eigenvalue weighted by Crippen LogP contribution is -1.95. The third kappa shape index (κ3) is 3.48. The van der Waals surface area contributed by atoms with Gasteiger partial charge in [-0.05, 0) is 42.3 Å². The molecule has 2 aromatic rings. The van der Waals surface area contributed by atoms with E-state index in [9.17, 15) is 0 Å². The van der Waals surface area contributed by atoms with Gasteiger partial charge in [-0.1, -0.05) is 45.7 Å². The molecule has 0 heterocycles. The molecule has 0 aliphatic heterocycles. The van der Waals surface area contributed by atoms with E-state index in [4.69, 9.17) is 16.3 Å². The summed E-state index contributed by atoms with van der Waals surface area (Å²) in [4.78, 5) is 0. The minimum absolute atomic E-state index is 0.524. The number of aryl methyl sites for hydroxylation is 1. The summed E-state index contributed by atoms with van der Waals surface area (Å²) in [6.45, 7) is 2.53. The Balaban J connectivity index is 2.04. The Morgan fingerprint density at radius 2 is 1.82 bits per heavy atom. The summed E-state index contributed by atoms with van der Waals surface area (Å²) in [5.41, 5.74) is 2.25. The number of hydrogen-bond acceptors (Lipinski definition) is 1. The lowest BCUT2D eigenvalue weighted by atomic mass is 10.2. The molecule has 3 heteroatoms. The van der Waals surface area contributed by atoms with Gasteiger partial charge in [0, 0.05) is 4.47 Å². The maximum Gasteiger partial charge on any atom is 0.138 e. The Hall–Kier alpha value is -0.990. The lowest BCUT2D eigenvalue weighted by molar-refractivity contribution is 0.306. The predicted octanol–water partition coefficient (Wildman–Crippen LogP) is 4.99. The first kappa shape index (κ1) is 12.5. The number of rotatable bonds is 3. The zero-order valence-corrected chi connectivity index (χ0v) is 11.8. The Bertz CT molecular complexity index is 508. The van der Waals surface area contributed by atoms with Crippen molar-refractivity contribution in [1.82, 2.24) is 0 Å². The summed E-state index contributed by atoms with van der Waals surface area (Å²) < 4.78 is 6.73. The molecule has 0 atom stereocenters. The van der Waals surface area contributed by atoms with E-state index in [-0.39, 0.29) is 0 Å². The lowest BCUT2D eigenvalue weighted by Gasteiger charge is -2.08. The Morgan fingerprint density at radius 1 is 1.12 bits per heavy atom. The molecule has 17 heavy (non-hydrogen) atoms. The molecule has 1 nitrogen and oxygen atoms in total. The molecule has 88 valence electrons. The molecule has 0 radical (unpaired) electrons. The standard InChI is InChI=1S/C14H12BrClO/c1-10-2-7-14(13(16)8-10)17-9-11-3-5-12(15)6-4-11/h2-8H,9H2,1H3. The highest BCUT2D eigenvalue weighted by Gasteiger charge is 2.02. The van der Waals surface area contributed by atoms with Crippen LogP contribution in [0.1, 0.15) is 11.1 Å². The topological polar surface area (TPSA) is 9.23 Å². The van der Waals surface area contributed by atoms with Crippen LogP contribution in [0.3, 0.4) is 0 Å². The molecule has 2 rings (SSSR count). The van der Waals surface area contributed by atoms with Gasteiger partial charge in [-0.2, -0.15) is 0 Å². The molecular weight excluding hydrogens is 300 g/mol. The van der Waals surface area contributed by atoms with Crippen LogP contribution in [-0.4, -0.2) is 0 Å². The molecule has 0 amide bonds. The van der Waals surface area contributed by atoms with Crippen molar-refractivity contribution in [3.05, 3.63) is 63.1 Å². The van der Waals surface area contributed by atoms with Crippen molar-refractivity contribution in [3.8, 4) is 5.75 Å². The summed E-state index contributed by atoms with van der Waals surface area (Å²) in [5.74, 6) is 0.722. The van der Waals surface area contributed by atoms with Gasteiger partial charge in [0.25, 0.3) is 0 Å². The molecule has 0 bridgehead atoms. The van der Waals surface area contributed by atoms with Gasteiger partial charge in [0.1, 0.15) is 12.4 Å². The van der Waals surface area contributed by atoms with Gasteiger partial charge in [0.2, 0.25) is 0 Å². The van der Waals surface area contributed by atoms with Gasteiger partial charge in [-0.3, -0.25) is 0 Å². The number of halogens is 2. The molecule has 0 aliphatic rings. The van der Waals surface area contributed by atoms with Crippen LogP contribution >= 0.6 is 27.5 Å². The van der Waals surface area contributed by atoms with E-state index in [0.29, 0.717) is 11.6 Å². The number of benzene rings is 2. The summed E-state index contributed by atoms with van der Waals surface area (Å²) >= 11 is 9.49. The molecule has 0 aromatic heterocycles. The van der Waals surface area contributed by atoms with Crippen molar-refractivity contribution in [2.75, 3.05) is 0 Å². The van der Waals surface area contributed by atoms with E-state index >= 15 is 0 Å². The molecule has 0 spiro atoms. The molecule has 2 aromatic carbocycles. The van der Waals surface area contributed by atoms with Crippen molar-refractivity contribution in [3.63, 3.8) is 0 Å². The van der Waals surface area contributed by atoms with E-state index in [0.717, 1.165) is 21.3 Å². The maximum atomic E-state index is 6.09. The molecule has 0 fully saturated rings. The Labute approximate surface area is 115 Å². The molecule has 0 saturated heterocycles. The monoisotopic (exact) mass is 310 g/mol. The minimum atomic E-state index is 0.524. The Morgan fingerprint density at radius 3 is 2.47 bits per heavy atom. The summed E-state index contributed by atoms with van der Waals surface area (Å²) in [6, 6.07) is 13.8. The average molecular weight is 312 g/mol. The first-order valence-electron chi connectivity index (χ1n) is 5.28. The van der Waals surface area contributed by atoms with Crippen LogP contribution in [0, 0.1) is 6.92 Å². The molecular formula is C14H12BrClO. The highest BCUT2D eigenvalue weighted by Crippen LogP contribution is 2.26. The molecule has 0 unspecified atom stereocenters. The first-order chi connectivity index (χ1) is 8.15. The fraction of sp³-hybridized carbons (Fsp3) is 0.143. The van der Waals surface area contributed by atoms with Crippen molar-refractivity contribution in [2.24, 2.45) is 0 Å². The highest BCUT2D eigenvalue weighted by molar-refractivity contribution is 9.10. The molecule has 0 aliphatic carbocycles. The van der Waals surface area contributed by atoms with Crippen LogP contribution < -0.4 is 4.74 Å². The second-order valence-corrected chi connectivity index (χ2v) is 5.17. The second kappa shape index (κ2) is 5.56. The smallest absolute Gasteiger partial charge is 0.138 e. The molecule has 0 N–H and O–H groups in total. The predicted molar refractivity (Wildman–Crippen MR) is 74.7 cm³/mol. The minimum Gasteiger partial charge on any atom is -0.487 e. The fourth-order valence-electron chi connectivity index (χ4n) is 1.46. The summed E-state index contributed by atoms with van der Waals surface area (Å²) in [7, 11) is 0. The summed E-state index contributed by atoms with van der Waals surface area (Å²) in [5, 5.41) is 0.655. The van der Waals surface area contributed by atoms with Crippen LogP contribution in [0.25, 0.3) is 0 Å². The zero-order chi connectivity index (χ0) is 12.3. The average Bonchev–Trinajstić information content (AvgIpc) is 2.30. The van der Waals surface area contributed by atoms with Crippen LogP contribution in [0.2, 0.25) is 5.02 Å². The van der Waals surface area contributed by atoms with Gasteiger partial charge >= 0.3 is 0 Å².